The molecule has 0 spiro atoms. The summed E-state index contributed by atoms with van der Waals surface area (Å²) in [7, 11) is 0. The zero-order valence-corrected chi connectivity index (χ0v) is 73.8. The molecular formula is C93H126Br3Cl3F4N2. The van der Waals surface area contributed by atoms with Crippen molar-refractivity contribution in [3.63, 3.8) is 0 Å². The van der Waals surface area contributed by atoms with Crippen LogP contribution in [0.1, 0.15) is 299 Å². The molecule has 0 aliphatic heterocycles. The van der Waals surface area contributed by atoms with Gasteiger partial charge in [0.25, 0.3) is 0 Å². The van der Waals surface area contributed by atoms with Crippen molar-refractivity contribution in [2.45, 2.75) is 253 Å². The summed E-state index contributed by atoms with van der Waals surface area (Å²) in [6.07, 6.45) is 9.43. The van der Waals surface area contributed by atoms with E-state index in [0.29, 0.717) is 45.6 Å². The number of benzene rings is 7. The van der Waals surface area contributed by atoms with Crippen LogP contribution in [-0.2, 0) is 0 Å². The Labute approximate surface area is 676 Å². The van der Waals surface area contributed by atoms with Gasteiger partial charge in [-0.1, -0.05) is 323 Å². The standard InChI is InChI=1S/2C10H13F.C10H20.C10H14.C9H10BrF.C9H11Br.C9H10ClF.C9H11Cl.C8H10BrN.C8H10ClN.CH4/c1-7(2)9-5-4-8(3)10(11)6-9;1-7(2)9-5-4-8(3)6-10(9)11;2*1-8(2)10-6-4-9(3)5-7-10;1-6(2)8-4-3-7(10)5-9(8)11;1-7(2)8-3-5-9(10)6-4-8;1-6(2)8-4-3-7(10)5-9(8)11;1-7(2)8-3-5-9(10)6-4-8;2*1-6(2)8-4-3-7(9)5-10-8;/h2*4-7H,1-3H3;8-10H,4-7H2,1-3H3;4-8H,1-3H3;3-6H,1-2H3;3-7H,1-2H3;3-6H,1-2H3;3-7H,1-2H3;2*3-6H,1-2H3;1H4. The van der Waals surface area contributed by atoms with Gasteiger partial charge in [0.05, 0.1) is 5.02 Å². The third-order valence-corrected chi connectivity index (χ3v) is 19.5. The Morgan fingerprint density at radius 3 is 1.05 bits per heavy atom. The highest BCUT2D eigenvalue weighted by atomic mass is 79.9. The van der Waals surface area contributed by atoms with Gasteiger partial charge in [0.2, 0.25) is 0 Å². The number of hydrogen-bond donors (Lipinski definition) is 0. The quantitative estimate of drug-likeness (QED) is 0.128. The molecule has 0 saturated heterocycles. The zero-order chi connectivity index (χ0) is 79.1. The summed E-state index contributed by atoms with van der Waals surface area (Å²) >= 11 is 26.9. The molecule has 1 aliphatic rings. The monoisotopic (exact) mass is 1690 g/mol. The minimum Gasteiger partial charge on any atom is -0.260 e. The Bertz CT molecular complexity index is 3330. The fourth-order valence-electron chi connectivity index (χ4n) is 10.1. The highest BCUT2D eigenvalue weighted by Crippen LogP contribution is 2.33. The Balaban J connectivity index is 0.00000114. The van der Waals surface area contributed by atoms with E-state index in [1.54, 1.807) is 37.4 Å². The number of aromatic nitrogens is 2. The van der Waals surface area contributed by atoms with Crippen molar-refractivity contribution >= 4 is 82.6 Å². The SMILES string of the molecule is C.CC(C)c1ccc(Br)cc1.CC(C)c1ccc(Br)cc1F.CC(C)c1ccc(Br)cn1.CC(C)c1ccc(Cl)cc1.CC(C)c1ccc(Cl)cc1F.CC(C)c1ccc(Cl)cn1.CC1CCC(C(C)C)CC1.Cc1ccc(C(C)C)c(F)c1.Cc1ccc(C(C)C)cc1.Cc1ccc(C(C)C)cc1F. The van der Waals surface area contributed by atoms with Gasteiger partial charge >= 0.3 is 0 Å². The van der Waals surface area contributed by atoms with Gasteiger partial charge in [-0.05, 0) is 256 Å². The topological polar surface area (TPSA) is 25.8 Å². The average Bonchev–Trinajstić information content (AvgIpc) is 0.878. The van der Waals surface area contributed by atoms with E-state index in [1.807, 2.05) is 127 Å². The van der Waals surface area contributed by atoms with Gasteiger partial charge in [-0.15, -0.1) is 0 Å². The minimum atomic E-state index is -0.215. The van der Waals surface area contributed by atoms with Crippen LogP contribution in [0.5, 0.6) is 0 Å². The molecular weight excluding hydrogens is 1570 g/mol. The molecule has 0 radical (unpaired) electrons. The molecule has 578 valence electrons. The molecule has 1 fully saturated rings. The molecule has 7 aromatic carbocycles. The summed E-state index contributed by atoms with van der Waals surface area (Å²) in [5.41, 5.74) is 12.8. The molecule has 1 aliphatic carbocycles. The first kappa shape index (κ1) is 99.9. The first-order valence-electron chi connectivity index (χ1n) is 36.9. The normalized spacial score (nSPS) is 12.7. The largest absolute Gasteiger partial charge is 0.260 e. The van der Waals surface area contributed by atoms with Crippen molar-refractivity contribution in [2.75, 3.05) is 0 Å². The molecule has 9 aromatic rings. The van der Waals surface area contributed by atoms with Crippen molar-refractivity contribution in [2.24, 2.45) is 17.8 Å². The Kier molecular flexibility index (Phi) is 51.0. The summed E-state index contributed by atoms with van der Waals surface area (Å²) in [5.74, 6) is 6.48. The van der Waals surface area contributed by atoms with E-state index in [-0.39, 0.29) is 48.4 Å². The second-order valence-electron chi connectivity index (χ2n) is 29.8. The summed E-state index contributed by atoms with van der Waals surface area (Å²) in [6, 6.07) is 53.7. The molecule has 0 unspecified atom stereocenters. The summed E-state index contributed by atoms with van der Waals surface area (Å²) in [5, 5.41) is 1.96. The minimum absolute atomic E-state index is 0. The Hall–Kier alpha value is -5.13. The van der Waals surface area contributed by atoms with Crippen molar-refractivity contribution in [3.05, 3.63) is 301 Å². The van der Waals surface area contributed by atoms with Crippen molar-refractivity contribution < 1.29 is 17.6 Å². The lowest BCUT2D eigenvalue weighted by molar-refractivity contribution is 0.234. The molecule has 2 nitrogen and oxygen atoms in total. The van der Waals surface area contributed by atoms with Crippen molar-refractivity contribution in [1.82, 2.24) is 9.97 Å². The maximum atomic E-state index is 13.1. The fraction of sp³-hybridized carbons (Fsp3) is 0.441. The van der Waals surface area contributed by atoms with Gasteiger partial charge in [0, 0.05) is 47.2 Å². The van der Waals surface area contributed by atoms with Crippen LogP contribution in [0.2, 0.25) is 15.1 Å². The zero-order valence-electron chi connectivity index (χ0n) is 66.8. The van der Waals surface area contributed by atoms with Gasteiger partial charge in [0.15, 0.2) is 0 Å². The molecule has 1 saturated carbocycles. The highest BCUT2D eigenvalue weighted by molar-refractivity contribution is 9.11. The lowest BCUT2D eigenvalue weighted by Crippen LogP contribution is -2.16. The Morgan fingerprint density at radius 2 is 0.676 bits per heavy atom. The van der Waals surface area contributed by atoms with Crippen LogP contribution in [0.15, 0.2) is 196 Å². The van der Waals surface area contributed by atoms with Gasteiger partial charge in [-0.25, -0.2) is 17.6 Å². The van der Waals surface area contributed by atoms with Gasteiger partial charge < -0.3 is 0 Å². The molecule has 2 aromatic heterocycles. The second-order valence-corrected chi connectivity index (χ2v) is 33.9. The van der Waals surface area contributed by atoms with Crippen molar-refractivity contribution in [3.8, 4) is 0 Å². The number of hydrogen-bond acceptors (Lipinski definition) is 2. The van der Waals surface area contributed by atoms with Gasteiger partial charge in [0.1, 0.15) is 23.3 Å². The highest BCUT2D eigenvalue weighted by Gasteiger charge is 2.20. The molecule has 12 heteroatoms. The van der Waals surface area contributed by atoms with E-state index in [2.05, 4.69) is 229 Å². The van der Waals surface area contributed by atoms with Crippen LogP contribution >= 0.6 is 82.6 Å². The molecule has 0 atom stereocenters. The first-order valence-corrected chi connectivity index (χ1v) is 40.4. The lowest BCUT2D eigenvalue weighted by atomic mass is 9.78. The predicted octanol–water partition coefficient (Wildman–Crippen LogP) is 33.9. The third-order valence-electron chi connectivity index (χ3n) is 17.3. The average molecular weight is 1690 g/mol. The molecule has 0 bridgehead atoms. The Morgan fingerprint density at radius 1 is 0.324 bits per heavy atom. The summed E-state index contributed by atoms with van der Waals surface area (Å²) < 4.78 is 55.1. The van der Waals surface area contributed by atoms with Crippen LogP contribution < -0.4 is 0 Å². The first-order chi connectivity index (χ1) is 48.6. The van der Waals surface area contributed by atoms with Crippen LogP contribution in [0.25, 0.3) is 0 Å². The molecule has 2 heterocycles. The van der Waals surface area contributed by atoms with Crippen LogP contribution in [0, 0.1) is 61.8 Å². The molecule has 10 rings (SSSR count). The van der Waals surface area contributed by atoms with Crippen LogP contribution in [-0.4, -0.2) is 9.97 Å². The number of aryl methyl sites for hydroxylation is 3. The van der Waals surface area contributed by atoms with Crippen molar-refractivity contribution in [1.29, 1.82) is 0 Å². The van der Waals surface area contributed by atoms with Gasteiger partial charge in [-0.2, -0.15) is 0 Å². The van der Waals surface area contributed by atoms with E-state index >= 15 is 0 Å². The summed E-state index contributed by atoms with van der Waals surface area (Å²) in [4.78, 5) is 8.38. The van der Waals surface area contributed by atoms with E-state index in [1.165, 1.54) is 60.1 Å². The number of halogens is 10. The summed E-state index contributed by atoms with van der Waals surface area (Å²) in [6.45, 7) is 50.5. The lowest BCUT2D eigenvalue weighted by Gasteiger charge is -2.28. The predicted molar refractivity (Wildman–Crippen MR) is 465 cm³/mol. The van der Waals surface area contributed by atoms with E-state index in [4.69, 9.17) is 34.8 Å². The smallest absolute Gasteiger partial charge is 0.128 e. The maximum absolute atomic E-state index is 13.1. The number of rotatable bonds is 10. The number of nitrogens with zero attached hydrogens (tertiary/aromatic N) is 2. The van der Waals surface area contributed by atoms with Crippen LogP contribution in [0.3, 0.4) is 0 Å². The van der Waals surface area contributed by atoms with Crippen LogP contribution in [0.4, 0.5) is 17.6 Å². The molecule has 105 heavy (non-hydrogen) atoms. The second kappa shape index (κ2) is 53.6. The molecule has 0 N–H and O–H groups in total. The third kappa shape index (κ3) is 43.0. The van der Waals surface area contributed by atoms with E-state index < -0.39 is 0 Å². The van der Waals surface area contributed by atoms with Gasteiger partial charge in [-0.3, -0.25) is 9.97 Å². The fourth-order valence-corrected chi connectivity index (χ4v) is 11.3. The van der Waals surface area contributed by atoms with E-state index in [9.17, 15) is 17.6 Å². The van der Waals surface area contributed by atoms with E-state index in [0.717, 1.165) is 81.0 Å². The maximum Gasteiger partial charge on any atom is 0.128 e. The molecule has 0 amide bonds. The number of pyridine rings is 2.